The van der Waals surface area contributed by atoms with E-state index in [2.05, 4.69) is 15.6 Å². The number of thiocarbonyl (C=S) groups is 1. The van der Waals surface area contributed by atoms with E-state index < -0.39 is 0 Å². The van der Waals surface area contributed by atoms with Gasteiger partial charge in [0.05, 0.1) is 13.7 Å². The zero-order chi connectivity index (χ0) is 23.4. The van der Waals surface area contributed by atoms with Gasteiger partial charge in [0.2, 0.25) is 5.89 Å². The van der Waals surface area contributed by atoms with Crippen LogP contribution in [-0.2, 0) is 0 Å². The lowest BCUT2D eigenvalue weighted by Gasteiger charge is -2.13. The molecule has 33 heavy (non-hydrogen) atoms. The number of ether oxygens (including phenoxy) is 2. The summed E-state index contributed by atoms with van der Waals surface area (Å²) in [6.07, 6.45) is 0. The van der Waals surface area contributed by atoms with Crippen LogP contribution in [0.15, 0.2) is 65.1 Å². The lowest BCUT2D eigenvalue weighted by Crippen LogP contribution is -2.34. The summed E-state index contributed by atoms with van der Waals surface area (Å²) in [6.45, 7) is 4.35. The second kappa shape index (κ2) is 9.70. The van der Waals surface area contributed by atoms with Crippen molar-refractivity contribution in [3.63, 3.8) is 0 Å². The minimum Gasteiger partial charge on any atom is -0.497 e. The van der Waals surface area contributed by atoms with Gasteiger partial charge in [-0.3, -0.25) is 10.1 Å². The number of carbonyl (C=O) groups excluding carboxylic acids is 1. The number of anilines is 1. The number of aromatic nitrogens is 1. The van der Waals surface area contributed by atoms with E-state index in [1.807, 2.05) is 50.2 Å². The minimum absolute atomic E-state index is 0.185. The van der Waals surface area contributed by atoms with E-state index in [-0.39, 0.29) is 11.0 Å². The molecule has 1 aromatic heterocycles. The van der Waals surface area contributed by atoms with Crippen molar-refractivity contribution in [2.45, 2.75) is 13.8 Å². The molecule has 0 saturated heterocycles. The second-order valence-corrected chi connectivity index (χ2v) is 7.66. The summed E-state index contributed by atoms with van der Waals surface area (Å²) in [5, 5.41) is 5.98. The number of methoxy groups -OCH3 is 1. The van der Waals surface area contributed by atoms with Crippen LogP contribution in [0.4, 0.5) is 5.69 Å². The number of nitrogens with zero attached hydrogens (tertiary/aromatic N) is 1. The van der Waals surface area contributed by atoms with Crippen LogP contribution in [0.5, 0.6) is 11.5 Å². The summed E-state index contributed by atoms with van der Waals surface area (Å²) >= 11 is 5.37. The first-order chi connectivity index (χ1) is 16.0. The smallest absolute Gasteiger partial charge is 0.257 e. The maximum absolute atomic E-state index is 12.6. The highest BCUT2D eigenvalue weighted by Crippen LogP contribution is 2.29. The predicted octanol–water partition coefficient (Wildman–Crippen LogP) is 5.34. The van der Waals surface area contributed by atoms with E-state index in [9.17, 15) is 4.79 Å². The van der Waals surface area contributed by atoms with E-state index >= 15 is 0 Å². The van der Waals surface area contributed by atoms with Gasteiger partial charge in [-0.1, -0.05) is 12.1 Å². The summed E-state index contributed by atoms with van der Waals surface area (Å²) < 4.78 is 16.6. The summed E-state index contributed by atoms with van der Waals surface area (Å²) in [4.78, 5) is 17.2. The third kappa shape index (κ3) is 5.12. The molecule has 8 heteroatoms. The number of nitrogens with one attached hydrogen (secondary N) is 2. The first-order valence-corrected chi connectivity index (χ1v) is 10.8. The molecule has 0 spiro atoms. The Morgan fingerprint density at radius 1 is 1.09 bits per heavy atom. The zero-order valence-corrected chi connectivity index (χ0v) is 19.3. The van der Waals surface area contributed by atoms with Crippen molar-refractivity contribution in [1.29, 1.82) is 0 Å². The molecule has 0 aliphatic rings. The lowest BCUT2D eigenvalue weighted by atomic mass is 10.1. The molecule has 168 valence electrons. The molecule has 0 aliphatic carbocycles. The topological polar surface area (TPSA) is 85.6 Å². The van der Waals surface area contributed by atoms with Gasteiger partial charge in [-0.05, 0) is 74.1 Å². The minimum atomic E-state index is -0.323. The van der Waals surface area contributed by atoms with Gasteiger partial charge in [-0.2, -0.15) is 0 Å². The lowest BCUT2D eigenvalue weighted by molar-refractivity contribution is 0.0977. The fourth-order valence-corrected chi connectivity index (χ4v) is 3.47. The van der Waals surface area contributed by atoms with Gasteiger partial charge in [0, 0.05) is 22.9 Å². The Labute approximate surface area is 196 Å². The molecule has 0 unspecified atom stereocenters. The number of oxazole rings is 1. The molecule has 0 aliphatic heterocycles. The van der Waals surface area contributed by atoms with Crippen molar-refractivity contribution < 1.29 is 18.7 Å². The van der Waals surface area contributed by atoms with Crippen LogP contribution in [0.25, 0.3) is 22.6 Å². The Balaban J connectivity index is 1.50. The maximum Gasteiger partial charge on any atom is 0.257 e. The largest absolute Gasteiger partial charge is 0.497 e. The first kappa shape index (κ1) is 22.3. The quantitative estimate of drug-likeness (QED) is 0.375. The fourth-order valence-electron chi connectivity index (χ4n) is 3.27. The SMILES string of the molecule is CCOc1cccc(C(=O)NC(=S)Nc2cc(-c3nc4cc(OC)ccc4o3)ccc2C)c1. The van der Waals surface area contributed by atoms with Gasteiger partial charge in [0.1, 0.15) is 17.0 Å². The number of rotatable bonds is 6. The summed E-state index contributed by atoms with van der Waals surface area (Å²) in [6, 6.07) is 18.1. The van der Waals surface area contributed by atoms with Crippen LogP contribution in [-0.4, -0.2) is 29.7 Å². The van der Waals surface area contributed by atoms with Crippen LogP contribution in [0, 0.1) is 6.92 Å². The summed E-state index contributed by atoms with van der Waals surface area (Å²) in [5.41, 5.74) is 4.29. The Bertz CT molecular complexity index is 1330. The van der Waals surface area contributed by atoms with E-state index in [1.54, 1.807) is 31.4 Å². The molecule has 1 amide bonds. The maximum atomic E-state index is 12.6. The Morgan fingerprint density at radius 3 is 2.73 bits per heavy atom. The molecule has 0 saturated carbocycles. The normalized spacial score (nSPS) is 10.6. The van der Waals surface area contributed by atoms with E-state index in [0.717, 1.165) is 16.8 Å². The van der Waals surface area contributed by atoms with Crippen molar-refractivity contribution in [2.75, 3.05) is 19.0 Å². The van der Waals surface area contributed by atoms with Crippen LogP contribution < -0.4 is 20.1 Å². The van der Waals surface area contributed by atoms with Crippen molar-refractivity contribution in [1.82, 2.24) is 10.3 Å². The van der Waals surface area contributed by atoms with Crippen LogP contribution in [0.2, 0.25) is 0 Å². The molecule has 1 heterocycles. The molecule has 0 fully saturated rings. The number of carbonyl (C=O) groups is 1. The number of amides is 1. The highest BCUT2D eigenvalue weighted by Gasteiger charge is 2.13. The van der Waals surface area contributed by atoms with Gasteiger partial charge >= 0.3 is 0 Å². The molecule has 4 rings (SSSR count). The average molecular weight is 462 g/mol. The predicted molar refractivity (Wildman–Crippen MR) is 132 cm³/mol. The van der Waals surface area contributed by atoms with E-state index in [4.69, 9.17) is 26.1 Å². The summed E-state index contributed by atoms with van der Waals surface area (Å²) in [7, 11) is 1.61. The zero-order valence-electron chi connectivity index (χ0n) is 18.5. The monoisotopic (exact) mass is 461 g/mol. The number of hydrogen-bond donors (Lipinski definition) is 2. The Kier molecular flexibility index (Phi) is 6.55. The number of fused-ring (bicyclic) bond motifs is 1. The highest BCUT2D eigenvalue weighted by molar-refractivity contribution is 7.80. The highest BCUT2D eigenvalue weighted by atomic mass is 32.1. The van der Waals surface area contributed by atoms with Gasteiger partial charge in [0.25, 0.3) is 5.91 Å². The molecule has 7 nitrogen and oxygen atoms in total. The molecule has 3 aromatic carbocycles. The average Bonchev–Trinajstić information content (AvgIpc) is 3.24. The second-order valence-electron chi connectivity index (χ2n) is 7.25. The van der Waals surface area contributed by atoms with Gasteiger partial charge < -0.3 is 19.2 Å². The molecule has 0 bridgehead atoms. The van der Waals surface area contributed by atoms with Crippen LogP contribution >= 0.6 is 12.2 Å². The molecular weight excluding hydrogens is 438 g/mol. The Morgan fingerprint density at radius 2 is 1.94 bits per heavy atom. The molecule has 0 atom stereocenters. The van der Waals surface area contributed by atoms with E-state index in [1.165, 1.54) is 0 Å². The van der Waals surface area contributed by atoms with Crippen molar-refractivity contribution >= 4 is 40.0 Å². The van der Waals surface area contributed by atoms with Crippen molar-refractivity contribution in [3.8, 4) is 23.0 Å². The molecule has 0 radical (unpaired) electrons. The van der Waals surface area contributed by atoms with Crippen molar-refractivity contribution in [3.05, 3.63) is 71.8 Å². The standard InChI is InChI=1S/C25H23N3O4S/c1-4-31-19-7-5-6-16(12-19)23(29)28-25(33)27-20-13-17(9-8-15(20)2)24-26-21-14-18(30-3)10-11-22(21)32-24/h5-14H,4H2,1-3H3,(H2,27,28,29,33). The van der Waals surface area contributed by atoms with Crippen molar-refractivity contribution in [2.24, 2.45) is 0 Å². The molecule has 4 aromatic rings. The van der Waals surface area contributed by atoms with Gasteiger partial charge in [0.15, 0.2) is 10.7 Å². The number of benzene rings is 3. The number of hydrogen-bond acceptors (Lipinski definition) is 6. The van der Waals surface area contributed by atoms with E-state index in [0.29, 0.717) is 40.7 Å². The van der Waals surface area contributed by atoms with Gasteiger partial charge in [-0.25, -0.2) is 4.98 Å². The number of aryl methyl sites for hydroxylation is 1. The molecule has 2 N–H and O–H groups in total. The van der Waals surface area contributed by atoms with Crippen LogP contribution in [0.3, 0.4) is 0 Å². The first-order valence-electron chi connectivity index (χ1n) is 10.4. The Hall–Kier alpha value is -3.91. The third-order valence-corrected chi connectivity index (χ3v) is 5.17. The molecular formula is C25H23N3O4S. The van der Waals surface area contributed by atoms with Gasteiger partial charge in [-0.15, -0.1) is 0 Å². The fraction of sp³-hybridized carbons (Fsp3) is 0.160. The van der Waals surface area contributed by atoms with Crippen LogP contribution in [0.1, 0.15) is 22.8 Å². The summed E-state index contributed by atoms with van der Waals surface area (Å²) in [5.74, 6) is 1.49. The third-order valence-electron chi connectivity index (χ3n) is 4.96.